The lowest BCUT2D eigenvalue weighted by Crippen LogP contribution is -2.27. The van der Waals surface area contributed by atoms with E-state index in [1.807, 2.05) is 0 Å². The predicted molar refractivity (Wildman–Crippen MR) is 154 cm³/mol. The summed E-state index contributed by atoms with van der Waals surface area (Å²) in [4.78, 5) is 0. The summed E-state index contributed by atoms with van der Waals surface area (Å²) in [6, 6.07) is 8.80. The van der Waals surface area contributed by atoms with Crippen LogP contribution >= 0.6 is 0 Å². The molecule has 3 aliphatic rings. The van der Waals surface area contributed by atoms with Gasteiger partial charge in [-0.05, 0) is 95.2 Å². The zero-order valence-corrected chi connectivity index (χ0v) is 24.4. The minimum atomic E-state index is -0.182. The smallest absolute Gasteiger partial charge is 0.175 e. The average Bonchev–Trinajstić information content (AvgIpc) is 3.25. The van der Waals surface area contributed by atoms with Crippen LogP contribution in [-0.4, -0.2) is 14.2 Å². The Morgan fingerprint density at radius 1 is 0.667 bits per heavy atom. The van der Waals surface area contributed by atoms with Gasteiger partial charge in [-0.2, -0.15) is 0 Å². The first kappa shape index (κ1) is 26.0. The quantitative estimate of drug-likeness (QED) is 0.303. The van der Waals surface area contributed by atoms with Crippen LogP contribution in [0.4, 0.5) is 0 Å². The molecule has 6 rings (SSSR count). The minimum absolute atomic E-state index is 0.0379. The number of rotatable bonds is 4. The van der Waals surface area contributed by atoms with Crippen molar-refractivity contribution in [3.05, 3.63) is 68.8 Å². The summed E-state index contributed by atoms with van der Waals surface area (Å²) in [6.07, 6.45) is 1.97. The molecule has 0 radical (unpaired) electrons. The summed E-state index contributed by atoms with van der Waals surface area (Å²) in [5.41, 5.74) is 21.5. The highest BCUT2D eigenvalue weighted by Gasteiger charge is 2.57. The molecule has 1 heterocycles. The van der Waals surface area contributed by atoms with Crippen molar-refractivity contribution in [2.45, 2.75) is 83.7 Å². The zero-order chi connectivity index (χ0) is 28.1. The Hall–Kier alpha value is -3.22. The lowest BCUT2D eigenvalue weighted by Gasteiger charge is -2.31. The molecule has 206 valence electrons. The molecule has 0 aromatic heterocycles. The summed E-state index contributed by atoms with van der Waals surface area (Å²) >= 11 is 0. The molecule has 6 nitrogen and oxygen atoms in total. The number of ether oxygens (including phenoxy) is 4. The molecule has 3 aromatic carbocycles. The molecule has 39 heavy (non-hydrogen) atoms. The van der Waals surface area contributed by atoms with E-state index in [0.717, 1.165) is 58.1 Å². The molecule has 0 saturated carbocycles. The van der Waals surface area contributed by atoms with Gasteiger partial charge in [0.2, 0.25) is 0 Å². The van der Waals surface area contributed by atoms with Gasteiger partial charge in [0.1, 0.15) is 0 Å². The van der Waals surface area contributed by atoms with Crippen LogP contribution in [0.25, 0.3) is 0 Å². The number of benzene rings is 3. The van der Waals surface area contributed by atoms with E-state index in [4.69, 9.17) is 30.4 Å². The van der Waals surface area contributed by atoms with Gasteiger partial charge in [0.25, 0.3) is 0 Å². The lowest BCUT2D eigenvalue weighted by molar-refractivity contribution is 0.346. The van der Waals surface area contributed by atoms with Crippen LogP contribution in [0, 0.1) is 13.8 Å². The van der Waals surface area contributed by atoms with E-state index in [1.54, 1.807) is 14.2 Å². The Kier molecular flexibility index (Phi) is 5.60. The number of hydrogen-bond donors (Lipinski definition) is 2. The van der Waals surface area contributed by atoms with Crippen molar-refractivity contribution >= 4 is 0 Å². The zero-order valence-electron chi connectivity index (χ0n) is 24.4. The lowest BCUT2D eigenvalue weighted by atomic mass is 9.72. The van der Waals surface area contributed by atoms with E-state index >= 15 is 0 Å². The molecule has 4 N–H and O–H groups in total. The topological polar surface area (TPSA) is 89.0 Å². The van der Waals surface area contributed by atoms with Crippen molar-refractivity contribution in [3.8, 4) is 34.5 Å². The highest BCUT2D eigenvalue weighted by molar-refractivity contribution is 5.70. The molecule has 0 saturated heterocycles. The molecule has 1 aliphatic heterocycles. The molecule has 0 amide bonds. The van der Waals surface area contributed by atoms with E-state index in [1.165, 1.54) is 22.3 Å². The first-order valence-electron chi connectivity index (χ1n) is 13.8. The molecule has 1 spiro atoms. The second-order valence-corrected chi connectivity index (χ2v) is 12.8. The minimum Gasteiger partial charge on any atom is -0.493 e. The van der Waals surface area contributed by atoms with Gasteiger partial charge < -0.3 is 30.4 Å². The Morgan fingerprint density at radius 3 is 1.49 bits per heavy atom. The van der Waals surface area contributed by atoms with E-state index in [2.05, 4.69) is 65.8 Å². The van der Waals surface area contributed by atoms with Crippen LogP contribution in [0.5, 0.6) is 34.5 Å². The SMILES string of the molecule is COc1cc2c(cc1OC)C1(CC2(C)C)CC(C)(C)c2cc3c(cc21)Oc1c(CN)c(C)c(C)c(CN)c1O3. The molecule has 2 aliphatic carbocycles. The van der Waals surface area contributed by atoms with Gasteiger partial charge in [-0.15, -0.1) is 0 Å². The first-order valence-corrected chi connectivity index (χ1v) is 13.8. The summed E-state index contributed by atoms with van der Waals surface area (Å²) in [7, 11) is 3.41. The Labute approximate surface area is 231 Å². The summed E-state index contributed by atoms with van der Waals surface area (Å²) in [6.45, 7) is 14.2. The maximum absolute atomic E-state index is 6.69. The standard InChI is InChI=1S/C33H40N2O4/c1-17-18(2)20(14-35)30-29(19(17)13-34)38-27-10-22-24(12-28(27)39-30)33(16-32(22,5)6)15-31(3,4)21-9-25(36-7)26(37-8)11-23(21)33/h9-12H,13-16,34-35H2,1-8H3. The first-order chi connectivity index (χ1) is 18.4. The maximum atomic E-state index is 6.69. The number of fused-ring (bicyclic) bond motifs is 6. The Balaban J connectivity index is 1.58. The molecule has 1 atom stereocenters. The Morgan fingerprint density at radius 2 is 1.05 bits per heavy atom. The van der Waals surface area contributed by atoms with Crippen molar-refractivity contribution in [2.24, 2.45) is 11.5 Å². The monoisotopic (exact) mass is 528 g/mol. The summed E-state index contributed by atoms with van der Waals surface area (Å²) < 4.78 is 24.8. The van der Waals surface area contributed by atoms with Crippen LogP contribution in [0.2, 0.25) is 0 Å². The highest BCUT2D eigenvalue weighted by Crippen LogP contribution is 2.65. The molecule has 0 fully saturated rings. The maximum Gasteiger partial charge on any atom is 0.175 e. The summed E-state index contributed by atoms with van der Waals surface area (Å²) in [5.74, 6) is 4.39. The fourth-order valence-electron chi connectivity index (χ4n) is 7.79. The van der Waals surface area contributed by atoms with E-state index in [9.17, 15) is 0 Å². The van der Waals surface area contributed by atoms with Gasteiger partial charge in [0.15, 0.2) is 34.5 Å². The predicted octanol–water partition coefficient (Wildman–Crippen LogP) is 6.78. The fourth-order valence-corrected chi connectivity index (χ4v) is 7.79. The van der Waals surface area contributed by atoms with E-state index in [-0.39, 0.29) is 16.2 Å². The molecule has 6 heteroatoms. The van der Waals surface area contributed by atoms with Crippen molar-refractivity contribution < 1.29 is 18.9 Å². The van der Waals surface area contributed by atoms with Gasteiger partial charge >= 0.3 is 0 Å². The van der Waals surface area contributed by atoms with Gasteiger partial charge in [-0.25, -0.2) is 0 Å². The van der Waals surface area contributed by atoms with Crippen LogP contribution in [0.1, 0.15) is 85.0 Å². The van der Waals surface area contributed by atoms with Gasteiger partial charge in [0.05, 0.1) is 14.2 Å². The highest BCUT2D eigenvalue weighted by atomic mass is 16.6. The molecule has 3 aromatic rings. The van der Waals surface area contributed by atoms with Crippen molar-refractivity contribution in [3.63, 3.8) is 0 Å². The summed E-state index contributed by atoms with van der Waals surface area (Å²) in [5, 5.41) is 0. The number of hydrogen-bond acceptors (Lipinski definition) is 6. The van der Waals surface area contributed by atoms with Crippen molar-refractivity contribution in [1.82, 2.24) is 0 Å². The van der Waals surface area contributed by atoms with Gasteiger partial charge in [-0.1, -0.05) is 27.7 Å². The van der Waals surface area contributed by atoms with E-state index < -0.39 is 0 Å². The third-order valence-corrected chi connectivity index (χ3v) is 9.64. The average molecular weight is 529 g/mol. The molecular weight excluding hydrogens is 488 g/mol. The second kappa shape index (κ2) is 8.39. The fraction of sp³-hybridized carbons (Fsp3) is 0.455. The van der Waals surface area contributed by atoms with Crippen LogP contribution < -0.4 is 30.4 Å². The van der Waals surface area contributed by atoms with E-state index in [0.29, 0.717) is 24.6 Å². The van der Waals surface area contributed by atoms with Crippen LogP contribution in [0.15, 0.2) is 24.3 Å². The van der Waals surface area contributed by atoms with Crippen LogP contribution in [0.3, 0.4) is 0 Å². The third-order valence-electron chi connectivity index (χ3n) is 9.64. The van der Waals surface area contributed by atoms with Crippen molar-refractivity contribution in [2.75, 3.05) is 14.2 Å². The largest absolute Gasteiger partial charge is 0.493 e. The van der Waals surface area contributed by atoms with Gasteiger partial charge in [-0.3, -0.25) is 0 Å². The Bertz CT molecular complexity index is 1540. The molecule has 0 bridgehead atoms. The molecule has 1 unspecified atom stereocenters. The second-order valence-electron chi connectivity index (χ2n) is 12.8. The number of methoxy groups -OCH3 is 2. The number of nitrogens with two attached hydrogens (primary N) is 2. The normalized spacial score (nSPS) is 21.0. The molecular formula is C33H40N2O4. The van der Waals surface area contributed by atoms with Crippen molar-refractivity contribution in [1.29, 1.82) is 0 Å². The van der Waals surface area contributed by atoms with Crippen LogP contribution in [-0.2, 0) is 29.3 Å². The third kappa shape index (κ3) is 3.40. The van der Waals surface area contributed by atoms with Gasteiger partial charge in [0, 0.05) is 29.6 Å².